The van der Waals surface area contributed by atoms with Gasteiger partial charge >= 0.3 is 0 Å². The summed E-state index contributed by atoms with van der Waals surface area (Å²) in [6.07, 6.45) is 8.24. The Kier molecular flexibility index (Phi) is 2.94. The summed E-state index contributed by atoms with van der Waals surface area (Å²) in [7, 11) is 2.01. The Balaban J connectivity index is 1.86. The molecule has 4 nitrogen and oxygen atoms in total. The number of hydrogen-bond acceptors (Lipinski definition) is 3. The van der Waals surface area contributed by atoms with Crippen LogP contribution in [0, 0.1) is 10.7 Å². The molecule has 0 spiro atoms. The van der Waals surface area contributed by atoms with Crippen LogP contribution in [-0.2, 0) is 7.05 Å². The standard InChI is InChI=1S/C12H20N4S/c1-15-11(13-14-12(15)17)16-8-4-7-10(16)9-5-2-3-6-9/h9-10H,2-8H2,1H3,(H,14,17). The second kappa shape index (κ2) is 4.44. The van der Waals surface area contributed by atoms with E-state index in [1.54, 1.807) is 0 Å². The highest BCUT2D eigenvalue weighted by Crippen LogP contribution is 2.36. The van der Waals surface area contributed by atoms with Crippen molar-refractivity contribution in [3.8, 4) is 0 Å². The van der Waals surface area contributed by atoms with E-state index in [9.17, 15) is 0 Å². The van der Waals surface area contributed by atoms with Crippen molar-refractivity contribution in [3.63, 3.8) is 0 Å². The van der Waals surface area contributed by atoms with Crippen molar-refractivity contribution in [2.24, 2.45) is 13.0 Å². The van der Waals surface area contributed by atoms with Crippen molar-refractivity contribution in [1.82, 2.24) is 14.8 Å². The van der Waals surface area contributed by atoms with Gasteiger partial charge in [0.2, 0.25) is 5.95 Å². The first-order valence-corrected chi connectivity index (χ1v) is 7.06. The summed E-state index contributed by atoms with van der Waals surface area (Å²) in [5.41, 5.74) is 0. The molecule has 2 fully saturated rings. The predicted molar refractivity (Wildman–Crippen MR) is 70.7 cm³/mol. The minimum absolute atomic E-state index is 0.696. The van der Waals surface area contributed by atoms with Crippen molar-refractivity contribution in [1.29, 1.82) is 0 Å². The lowest BCUT2D eigenvalue weighted by molar-refractivity contribution is 0.425. The van der Waals surface area contributed by atoms with Crippen molar-refractivity contribution in [2.45, 2.75) is 44.6 Å². The Hall–Kier alpha value is -0.840. The van der Waals surface area contributed by atoms with E-state index in [0.29, 0.717) is 6.04 Å². The average molecular weight is 252 g/mol. The van der Waals surface area contributed by atoms with E-state index in [1.807, 2.05) is 11.6 Å². The molecule has 1 saturated carbocycles. The second-order valence-corrected chi connectivity index (χ2v) is 5.72. The van der Waals surface area contributed by atoms with E-state index in [1.165, 1.54) is 38.5 Å². The molecule has 1 atom stereocenters. The Labute approximate surface area is 107 Å². The molecule has 1 unspecified atom stereocenters. The Bertz CT molecular complexity index is 444. The predicted octanol–water partition coefficient (Wildman–Crippen LogP) is 2.64. The Morgan fingerprint density at radius 2 is 2.00 bits per heavy atom. The molecule has 0 amide bonds. The van der Waals surface area contributed by atoms with E-state index in [0.717, 1.165) is 23.2 Å². The number of anilines is 1. The number of H-pyrrole nitrogens is 1. The van der Waals surface area contributed by atoms with Crippen LogP contribution in [0.25, 0.3) is 0 Å². The average Bonchev–Trinajstić information content (AvgIpc) is 3.01. The molecule has 1 saturated heterocycles. The molecular weight excluding hydrogens is 232 g/mol. The van der Waals surface area contributed by atoms with E-state index in [2.05, 4.69) is 15.1 Å². The summed E-state index contributed by atoms with van der Waals surface area (Å²) < 4.78 is 2.72. The fourth-order valence-corrected chi connectivity index (χ4v) is 3.60. The topological polar surface area (TPSA) is 36.9 Å². The van der Waals surface area contributed by atoms with Gasteiger partial charge in [-0.1, -0.05) is 12.8 Å². The number of rotatable bonds is 2. The molecule has 1 aromatic heterocycles. The molecule has 5 heteroatoms. The number of nitrogens with one attached hydrogen (secondary N) is 1. The van der Waals surface area contributed by atoms with Gasteiger partial charge < -0.3 is 4.90 Å². The van der Waals surface area contributed by atoms with Gasteiger partial charge in [0.25, 0.3) is 0 Å². The third kappa shape index (κ3) is 1.90. The van der Waals surface area contributed by atoms with Crippen LogP contribution in [0.1, 0.15) is 38.5 Å². The number of hydrogen-bond donors (Lipinski definition) is 1. The SMILES string of the molecule is Cn1c(N2CCCC2C2CCCC2)n[nH]c1=S. The van der Waals surface area contributed by atoms with Crippen LogP contribution >= 0.6 is 12.2 Å². The molecule has 1 N–H and O–H groups in total. The van der Waals surface area contributed by atoms with Gasteiger partial charge in [-0.25, -0.2) is 5.10 Å². The highest BCUT2D eigenvalue weighted by Gasteiger charge is 2.35. The molecule has 2 heterocycles. The lowest BCUT2D eigenvalue weighted by Crippen LogP contribution is -2.36. The summed E-state index contributed by atoms with van der Waals surface area (Å²) in [4.78, 5) is 2.47. The van der Waals surface area contributed by atoms with Gasteiger partial charge in [0.1, 0.15) is 0 Å². The summed E-state index contributed by atoms with van der Waals surface area (Å²) in [5, 5.41) is 7.29. The lowest BCUT2D eigenvalue weighted by Gasteiger charge is -2.29. The van der Waals surface area contributed by atoms with Gasteiger partial charge in [-0.05, 0) is 43.8 Å². The zero-order valence-electron chi connectivity index (χ0n) is 10.4. The molecule has 2 aliphatic rings. The van der Waals surface area contributed by atoms with Crippen molar-refractivity contribution in [2.75, 3.05) is 11.4 Å². The number of aromatic amines is 1. The maximum Gasteiger partial charge on any atom is 0.225 e. The van der Waals surface area contributed by atoms with Crippen LogP contribution in [0.5, 0.6) is 0 Å². The van der Waals surface area contributed by atoms with Gasteiger partial charge in [-0.2, -0.15) is 0 Å². The monoisotopic (exact) mass is 252 g/mol. The molecule has 0 aromatic carbocycles. The summed E-state index contributed by atoms with van der Waals surface area (Å²) >= 11 is 5.20. The second-order valence-electron chi connectivity index (χ2n) is 5.34. The minimum Gasteiger partial charge on any atom is -0.338 e. The quantitative estimate of drug-likeness (QED) is 0.822. The maximum absolute atomic E-state index is 5.20. The smallest absolute Gasteiger partial charge is 0.225 e. The first-order chi connectivity index (χ1) is 8.27. The molecule has 0 bridgehead atoms. The van der Waals surface area contributed by atoms with Crippen molar-refractivity contribution < 1.29 is 0 Å². The zero-order chi connectivity index (χ0) is 11.8. The largest absolute Gasteiger partial charge is 0.338 e. The molecule has 94 valence electrons. The molecule has 1 aromatic rings. The normalized spacial score (nSPS) is 25.9. The Morgan fingerprint density at radius 3 is 2.65 bits per heavy atom. The third-order valence-corrected chi connectivity index (χ3v) is 4.72. The van der Waals surface area contributed by atoms with Crippen LogP contribution in [0.4, 0.5) is 5.95 Å². The molecule has 1 aliphatic heterocycles. The highest BCUT2D eigenvalue weighted by molar-refractivity contribution is 7.71. The van der Waals surface area contributed by atoms with Crippen molar-refractivity contribution in [3.05, 3.63) is 4.77 Å². The van der Waals surface area contributed by atoms with Crippen molar-refractivity contribution >= 4 is 18.2 Å². The minimum atomic E-state index is 0.696. The molecule has 1 aliphatic carbocycles. The zero-order valence-corrected chi connectivity index (χ0v) is 11.2. The van der Waals surface area contributed by atoms with Gasteiger partial charge in [0, 0.05) is 19.6 Å². The van der Waals surface area contributed by atoms with Gasteiger partial charge in [0.15, 0.2) is 4.77 Å². The van der Waals surface area contributed by atoms with E-state index >= 15 is 0 Å². The first kappa shape index (κ1) is 11.3. The van der Waals surface area contributed by atoms with Gasteiger partial charge in [-0.3, -0.25) is 4.57 Å². The Morgan fingerprint density at radius 1 is 1.24 bits per heavy atom. The highest BCUT2D eigenvalue weighted by atomic mass is 32.1. The lowest BCUT2D eigenvalue weighted by atomic mass is 9.96. The first-order valence-electron chi connectivity index (χ1n) is 6.65. The van der Waals surface area contributed by atoms with E-state index < -0.39 is 0 Å². The molecule has 0 radical (unpaired) electrons. The van der Waals surface area contributed by atoms with Crippen LogP contribution in [0.15, 0.2) is 0 Å². The fourth-order valence-electron chi connectivity index (χ4n) is 3.47. The van der Waals surface area contributed by atoms with Crippen LogP contribution in [-0.4, -0.2) is 27.4 Å². The van der Waals surface area contributed by atoms with Gasteiger partial charge in [0.05, 0.1) is 0 Å². The molecule has 3 rings (SSSR count). The van der Waals surface area contributed by atoms with Crippen LogP contribution in [0.2, 0.25) is 0 Å². The summed E-state index contributed by atoms with van der Waals surface area (Å²) in [6, 6.07) is 0.696. The fraction of sp³-hybridized carbons (Fsp3) is 0.833. The summed E-state index contributed by atoms with van der Waals surface area (Å²) in [6.45, 7) is 1.13. The molecule has 17 heavy (non-hydrogen) atoms. The number of nitrogens with zero attached hydrogens (tertiary/aromatic N) is 3. The third-order valence-electron chi connectivity index (χ3n) is 4.36. The number of aromatic nitrogens is 3. The van der Waals surface area contributed by atoms with Crippen LogP contribution in [0.3, 0.4) is 0 Å². The van der Waals surface area contributed by atoms with E-state index in [4.69, 9.17) is 12.2 Å². The maximum atomic E-state index is 5.20. The summed E-state index contributed by atoms with van der Waals surface area (Å²) in [5.74, 6) is 1.91. The van der Waals surface area contributed by atoms with E-state index in [-0.39, 0.29) is 0 Å². The van der Waals surface area contributed by atoms with Crippen LogP contribution < -0.4 is 4.90 Å². The molecular formula is C12H20N4S. The van der Waals surface area contributed by atoms with Gasteiger partial charge in [-0.15, -0.1) is 5.10 Å².